The molecule has 4 heteroatoms. The first-order valence-corrected chi connectivity index (χ1v) is 5.60. The van der Waals surface area contributed by atoms with Gasteiger partial charge in [0.05, 0.1) is 24.7 Å². The molecule has 0 radical (unpaired) electrons. The Kier molecular flexibility index (Phi) is 3.55. The molecule has 0 unspecified atom stereocenters. The molecular weight excluding hydrogens is 214 g/mol. The Morgan fingerprint density at radius 2 is 1.94 bits per heavy atom. The molecule has 88 valence electrons. The summed E-state index contributed by atoms with van der Waals surface area (Å²) < 4.78 is 5.51. The summed E-state index contributed by atoms with van der Waals surface area (Å²) in [6.45, 7) is 2.81. The highest BCUT2D eigenvalue weighted by atomic mass is 16.5. The van der Waals surface area contributed by atoms with Crippen LogP contribution in [0, 0.1) is 0 Å². The second-order valence-corrected chi connectivity index (χ2v) is 3.70. The van der Waals surface area contributed by atoms with E-state index in [1.54, 1.807) is 6.20 Å². The van der Waals surface area contributed by atoms with E-state index < -0.39 is 0 Å². The number of rotatable bonds is 4. The van der Waals surface area contributed by atoms with Gasteiger partial charge in [-0.1, -0.05) is 6.92 Å². The Hall–Kier alpha value is -2.10. The molecule has 0 saturated heterocycles. The highest BCUT2D eigenvalue weighted by Crippen LogP contribution is 2.20. The van der Waals surface area contributed by atoms with Gasteiger partial charge < -0.3 is 10.5 Å². The van der Waals surface area contributed by atoms with Gasteiger partial charge in [-0.25, -0.2) is 4.98 Å². The van der Waals surface area contributed by atoms with E-state index >= 15 is 0 Å². The molecule has 0 aliphatic rings. The van der Waals surface area contributed by atoms with E-state index in [9.17, 15) is 0 Å². The highest BCUT2D eigenvalue weighted by molar-refractivity contribution is 5.60. The average Bonchev–Trinajstić information content (AvgIpc) is 2.37. The zero-order valence-corrected chi connectivity index (χ0v) is 9.76. The maximum Gasteiger partial charge on any atom is 0.142 e. The molecule has 0 spiro atoms. The van der Waals surface area contributed by atoms with E-state index in [1.165, 1.54) is 6.20 Å². The molecule has 0 atom stereocenters. The van der Waals surface area contributed by atoms with Crippen molar-refractivity contribution in [1.82, 2.24) is 9.97 Å². The van der Waals surface area contributed by atoms with Gasteiger partial charge in [-0.2, -0.15) is 0 Å². The van der Waals surface area contributed by atoms with Crippen LogP contribution in [0.15, 0.2) is 36.7 Å². The Morgan fingerprint density at radius 3 is 2.59 bits per heavy atom. The SMILES string of the molecule is CCCOc1ccc(-c2cncc(N)n2)cc1. The van der Waals surface area contributed by atoms with Crippen molar-refractivity contribution in [3.05, 3.63) is 36.7 Å². The number of anilines is 1. The van der Waals surface area contributed by atoms with Crippen LogP contribution in [0.2, 0.25) is 0 Å². The number of hydrogen-bond donors (Lipinski definition) is 1. The number of aromatic nitrogens is 2. The Labute approximate surface area is 100 Å². The summed E-state index contributed by atoms with van der Waals surface area (Å²) in [5, 5.41) is 0. The Morgan fingerprint density at radius 1 is 1.18 bits per heavy atom. The fourth-order valence-electron chi connectivity index (χ4n) is 1.46. The second-order valence-electron chi connectivity index (χ2n) is 3.70. The third-order valence-corrected chi connectivity index (χ3v) is 2.28. The second kappa shape index (κ2) is 5.30. The Balaban J connectivity index is 2.17. The van der Waals surface area contributed by atoms with Crippen LogP contribution < -0.4 is 10.5 Å². The quantitative estimate of drug-likeness (QED) is 0.875. The zero-order chi connectivity index (χ0) is 12.1. The van der Waals surface area contributed by atoms with Crippen LogP contribution in [0.1, 0.15) is 13.3 Å². The number of ether oxygens (including phenoxy) is 1. The molecule has 17 heavy (non-hydrogen) atoms. The zero-order valence-electron chi connectivity index (χ0n) is 9.76. The van der Waals surface area contributed by atoms with Crippen molar-refractivity contribution in [2.75, 3.05) is 12.3 Å². The fourth-order valence-corrected chi connectivity index (χ4v) is 1.46. The van der Waals surface area contributed by atoms with Gasteiger partial charge in [-0.05, 0) is 30.7 Å². The molecule has 1 aromatic carbocycles. The topological polar surface area (TPSA) is 61.0 Å². The van der Waals surface area contributed by atoms with Crippen LogP contribution in [0.4, 0.5) is 5.82 Å². The molecule has 0 saturated carbocycles. The summed E-state index contributed by atoms with van der Waals surface area (Å²) >= 11 is 0. The minimum atomic E-state index is 0.425. The van der Waals surface area contributed by atoms with Crippen molar-refractivity contribution < 1.29 is 4.74 Å². The molecule has 0 aliphatic heterocycles. The number of nitrogens with zero attached hydrogens (tertiary/aromatic N) is 2. The van der Waals surface area contributed by atoms with Crippen LogP contribution in [-0.2, 0) is 0 Å². The third kappa shape index (κ3) is 2.93. The summed E-state index contributed by atoms with van der Waals surface area (Å²) in [5.74, 6) is 1.29. The standard InChI is InChI=1S/C13H15N3O/c1-2-7-17-11-5-3-10(4-6-11)12-8-15-9-13(14)16-12/h3-6,8-9H,2,7H2,1H3,(H2,14,16). The molecular formula is C13H15N3O. The molecule has 0 aliphatic carbocycles. The van der Waals surface area contributed by atoms with Crippen LogP contribution in [0.25, 0.3) is 11.3 Å². The number of benzene rings is 1. The van der Waals surface area contributed by atoms with E-state index in [4.69, 9.17) is 10.5 Å². The van der Waals surface area contributed by atoms with E-state index in [1.807, 2.05) is 24.3 Å². The van der Waals surface area contributed by atoms with Gasteiger partial charge >= 0.3 is 0 Å². The summed E-state index contributed by atoms with van der Waals surface area (Å²) in [4.78, 5) is 8.22. The fraction of sp³-hybridized carbons (Fsp3) is 0.231. The first-order chi connectivity index (χ1) is 8.29. The van der Waals surface area contributed by atoms with Crippen molar-refractivity contribution in [3.8, 4) is 17.0 Å². The van der Waals surface area contributed by atoms with Gasteiger partial charge in [0.2, 0.25) is 0 Å². The molecule has 4 nitrogen and oxygen atoms in total. The average molecular weight is 229 g/mol. The van der Waals surface area contributed by atoms with E-state index in [0.717, 1.165) is 30.0 Å². The molecule has 2 N–H and O–H groups in total. The van der Waals surface area contributed by atoms with Gasteiger partial charge in [0.1, 0.15) is 11.6 Å². The molecule has 1 heterocycles. The molecule has 2 rings (SSSR count). The van der Waals surface area contributed by atoms with Gasteiger partial charge in [-0.15, -0.1) is 0 Å². The smallest absolute Gasteiger partial charge is 0.142 e. The number of nitrogens with two attached hydrogens (primary N) is 1. The predicted octanol–water partition coefficient (Wildman–Crippen LogP) is 2.51. The first-order valence-electron chi connectivity index (χ1n) is 5.60. The van der Waals surface area contributed by atoms with Crippen LogP contribution in [-0.4, -0.2) is 16.6 Å². The molecule has 1 aromatic heterocycles. The van der Waals surface area contributed by atoms with Gasteiger partial charge in [0.15, 0.2) is 0 Å². The van der Waals surface area contributed by atoms with Crippen LogP contribution in [0.5, 0.6) is 5.75 Å². The first kappa shape index (κ1) is 11.4. The lowest BCUT2D eigenvalue weighted by Gasteiger charge is -2.05. The van der Waals surface area contributed by atoms with E-state index in [2.05, 4.69) is 16.9 Å². The summed E-state index contributed by atoms with van der Waals surface area (Å²) in [5.41, 5.74) is 7.34. The van der Waals surface area contributed by atoms with Crippen LogP contribution in [0.3, 0.4) is 0 Å². The highest BCUT2D eigenvalue weighted by Gasteiger charge is 2.01. The number of hydrogen-bond acceptors (Lipinski definition) is 4. The summed E-state index contributed by atoms with van der Waals surface area (Å²) in [6.07, 6.45) is 4.23. The lowest BCUT2D eigenvalue weighted by atomic mass is 10.1. The monoisotopic (exact) mass is 229 g/mol. The lowest BCUT2D eigenvalue weighted by molar-refractivity contribution is 0.317. The molecule has 0 bridgehead atoms. The van der Waals surface area contributed by atoms with E-state index in [0.29, 0.717) is 5.82 Å². The Bertz CT molecular complexity index is 482. The largest absolute Gasteiger partial charge is 0.494 e. The maximum atomic E-state index is 5.59. The van der Waals surface area contributed by atoms with Crippen molar-refractivity contribution >= 4 is 5.82 Å². The lowest BCUT2D eigenvalue weighted by Crippen LogP contribution is -1.95. The molecule has 0 amide bonds. The van der Waals surface area contributed by atoms with Gasteiger partial charge in [0, 0.05) is 5.56 Å². The molecule has 2 aromatic rings. The van der Waals surface area contributed by atoms with Gasteiger partial charge in [-0.3, -0.25) is 4.98 Å². The summed E-state index contributed by atoms with van der Waals surface area (Å²) in [6, 6.07) is 7.76. The summed E-state index contributed by atoms with van der Waals surface area (Å²) in [7, 11) is 0. The number of nitrogen functional groups attached to an aromatic ring is 1. The predicted molar refractivity (Wildman–Crippen MR) is 67.7 cm³/mol. The van der Waals surface area contributed by atoms with Gasteiger partial charge in [0.25, 0.3) is 0 Å². The molecule has 0 fully saturated rings. The minimum absolute atomic E-state index is 0.425. The third-order valence-electron chi connectivity index (χ3n) is 2.28. The van der Waals surface area contributed by atoms with Crippen LogP contribution >= 0.6 is 0 Å². The maximum absolute atomic E-state index is 5.59. The van der Waals surface area contributed by atoms with Crippen molar-refractivity contribution in [3.63, 3.8) is 0 Å². The normalized spacial score (nSPS) is 10.2. The van der Waals surface area contributed by atoms with Crippen molar-refractivity contribution in [1.29, 1.82) is 0 Å². The van der Waals surface area contributed by atoms with Crippen molar-refractivity contribution in [2.45, 2.75) is 13.3 Å². The van der Waals surface area contributed by atoms with E-state index in [-0.39, 0.29) is 0 Å². The minimum Gasteiger partial charge on any atom is -0.494 e. The van der Waals surface area contributed by atoms with Crippen molar-refractivity contribution in [2.24, 2.45) is 0 Å².